The highest BCUT2D eigenvalue weighted by Gasteiger charge is 2.20. The van der Waals surface area contributed by atoms with Gasteiger partial charge >= 0.3 is 0 Å². The molecule has 3 rings (SSSR count). The second-order valence-electron chi connectivity index (χ2n) is 8.72. The van der Waals surface area contributed by atoms with Crippen LogP contribution in [0.2, 0.25) is 0 Å². The molecule has 1 unspecified atom stereocenters. The third kappa shape index (κ3) is 7.44. The summed E-state index contributed by atoms with van der Waals surface area (Å²) in [4.78, 5) is 2.40. The van der Waals surface area contributed by atoms with Crippen molar-refractivity contribution in [2.75, 3.05) is 32.8 Å². The molecule has 0 bridgehead atoms. The number of hydrogen-bond acceptors (Lipinski definition) is 4. The largest absolute Gasteiger partial charge is 0.497 e. The van der Waals surface area contributed by atoms with Gasteiger partial charge in [-0.25, -0.2) is 0 Å². The number of ether oxygens (including phenoxy) is 3. The molecule has 0 heterocycles. The first-order valence-electron chi connectivity index (χ1n) is 11.8. The van der Waals surface area contributed by atoms with Gasteiger partial charge in [0.1, 0.15) is 5.75 Å². The molecule has 184 valence electrons. The smallest absolute Gasteiger partial charge is 0.161 e. The summed E-state index contributed by atoms with van der Waals surface area (Å²) in [6.07, 6.45) is 1.77. The van der Waals surface area contributed by atoms with Crippen LogP contribution in [0.15, 0.2) is 71.2 Å². The van der Waals surface area contributed by atoms with E-state index < -0.39 is 0 Å². The fourth-order valence-electron chi connectivity index (χ4n) is 3.97. The molecule has 0 aliphatic heterocycles. The van der Waals surface area contributed by atoms with Crippen molar-refractivity contribution < 1.29 is 14.2 Å². The summed E-state index contributed by atoms with van der Waals surface area (Å²) in [5.41, 5.74) is 3.30. The first kappa shape index (κ1) is 26.5. The lowest BCUT2D eigenvalue weighted by Crippen LogP contribution is -2.37. The van der Waals surface area contributed by atoms with Crippen LogP contribution in [0.25, 0.3) is 0 Å². The maximum Gasteiger partial charge on any atom is 0.161 e. The van der Waals surface area contributed by atoms with Crippen LogP contribution in [0.3, 0.4) is 0 Å². The minimum atomic E-state index is 0.0579. The predicted molar refractivity (Wildman–Crippen MR) is 148 cm³/mol. The topological polar surface area (TPSA) is 30.9 Å². The Morgan fingerprint density at radius 3 is 2.11 bits per heavy atom. The monoisotopic (exact) mass is 535 g/mol. The van der Waals surface area contributed by atoms with E-state index in [1.165, 1.54) is 0 Å². The molecule has 0 aliphatic rings. The molecule has 3 aromatic rings. The summed E-state index contributed by atoms with van der Waals surface area (Å²) in [5.74, 6) is 9.75. The van der Waals surface area contributed by atoms with Crippen LogP contribution >= 0.6 is 15.9 Å². The second kappa shape index (κ2) is 13.1. The lowest BCUT2D eigenvalue weighted by atomic mass is 10.0. The van der Waals surface area contributed by atoms with E-state index in [1.807, 2.05) is 42.5 Å². The van der Waals surface area contributed by atoms with Crippen molar-refractivity contribution in [2.24, 2.45) is 5.92 Å². The summed E-state index contributed by atoms with van der Waals surface area (Å²) >= 11 is 3.72. The van der Waals surface area contributed by atoms with Crippen LogP contribution in [0.5, 0.6) is 17.2 Å². The highest BCUT2D eigenvalue weighted by Crippen LogP contribution is 2.34. The standard InChI is InChI=1S/C30H34BrNO3/c1-22(2)19-26(12-11-23-9-7-6-8-10-23)32(25-13-15-27(33-3)16-14-25)18-17-24-20-29(34-4)30(35-5)21-28(24)31/h6-10,13-16,20-22,26H,17-19H2,1-5H3. The van der Waals surface area contributed by atoms with Crippen molar-refractivity contribution >= 4 is 21.6 Å². The zero-order valence-electron chi connectivity index (χ0n) is 21.2. The highest BCUT2D eigenvalue weighted by atomic mass is 79.9. The van der Waals surface area contributed by atoms with Crippen LogP contribution < -0.4 is 19.1 Å². The average Bonchev–Trinajstić information content (AvgIpc) is 2.88. The fraction of sp³-hybridized carbons (Fsp3) is 0.333. The van der Waals surface area contributed by atoms with Crippen molar-refractivity contribution in [3.8, 4) is 29.1 Å². The number of halogens is 1. The van der Waals surface area contributed by atoms with Gasteiger partial charge in [-0.2, -0.15) is 0 Å². The molecule has 0 saturated heterocycles. The molecule has 0 N–H and O–H groups in total. The SMILES string of the molecule is COc1ccc(N(CCc2cc(OC)c(OC)cc2Br)C(C#Cc2ccccc2)CC(C)C)cc1. The van der Waals surface area contributed by atoms with Gasteiger partial charge in [0.2, 0.25) is 0 Å². The number of rotatable bonds is 10. The Morgan fingerprint density at radius 2 is 1.51 bits per heavy atom. The number of benzene rings is 3. The Kier molecular flexibility index (Phi) is 9.93. The second-order valence-corrected chi connectivity index (χ2v) is 9.58. The van der Waals surface area contributed by atoms with E-state index in [1.54, 1.807) is 21.3 Å². The normalized spacial score (nSPS) is 11.4. The average molecular weight is 537 g/mol. The van der Waals surface area contributed by atoms with E-state index in [0.29, 0.717) is 11.7 Å². The molecular weight excluding hydrogens is 502 g/mol. The van der Waals surface area contributed by atoms with Gasteiger partial charge in [0.15, 0.2) is 11.5 Å². The van der Waals surface area contributed by atoms with E-state index in [4.69, 9.17) is 14.2 Å². The molecule has 3 aromatic carbocycles. The Morgan fingerprint density at radius 1 is 0.857 bits per heavy atom. The van der Waals surface area contributed by atoms with Gasteiger partial charge in [-0.3, -0.25) is 0 Å². The molecule has 0 fully saturated rings. The molecule has 0 aromatic heterocycles. The van der Waals surface area contributed by atoms with Gasteiger partial charge in [0, 0.05) is 22.3 Å². The molecule has 1 atom stereocenters. The molecule has 0 aliphatic carbocycles. The summed E-state index contributed by atoms with van der Waals surface area (Å²) in [7, 11) is 5.00. The van der Waals surface area contributed by atoms with Crippen LogP contribution in [0, 0.1) is 17.8 Å². The zero-order chi connectivity index (χ0) is 25.2. The van der Waals surface area contributed by atoms with E-state index in [0.717, 1.165) is 52.2 Å². The van der Waals surface area contributed by atoms with Gasteiger partial charge in [-0.1, -0.05) is 59.8 Å². The minimum Gasteiger partial charge on any atom is -0.497 e. The molecule has 0 amide bonds. The number of nitrogens with zero attached hydrogens (tertiary/aromatic N) is 1. The Hall–Kier alpha value is -3.10. The predicted octanol–water partition coefficient (Wildman–Crippen LogP) is 6.99. The first-order valence-corrected chi connectivity index (χ1v) is 12.6. The number of anilines is 1. The number of hydrogen-bond donors (Lipinski definition) is 0. The van der Waals surface area contributed by atoms with Crippen LogP contribution in [-0.4, -0.2) is 33.9 Å². The zero-order valence-corrected chi connectivity index (χ0v) is 22.8. The van der Waals surface area contributed by atoms with E-state index >= 15 is 0 Å². The van der Waals surface area contributed by atoms with E-state index in [2.05, 4.69) is 70.8 Å². The molecule has 5 heteroatoms. The summed E-state index contributed by atoms with van der Waals surface area (Å²) in [6, 6.07) is 22.5. The lowest BCUT2D eigenvalue weighted by molar-refractivity contribution is 0.354. The lowest BCUT2D eigenvalue weighted by Gasteiger charge is -2.32. The van der Waals surface area contributed by atoms with Gasteiger partial charge in [-0.15, -0.1) is 0 Å². The third-order valence-electron chi connectivity index (χ3n) is 5.81. The Labute approximate surface area is 218 Å². The maximum absolute atomic E-state index is 5.54. The fourth-order valence-corrected chi connectivity index (χ4v) is 4.49. The van der Waals surface area contributed by atoms with Crippen molar-refractivity contribution in [1.82, 2.24) is 0 Å². The van der Waals surface area contributed by atoms with Gasteiger partial charge < -0.3 is 19.1 Å². The third-order valence-corrected chi connectivity index (χ3v) is 6.54. The molecule has 4 nitrogen and oxygen atoms in total. The molecule has 35 heavy (non-hydrogen) atoms. The minimum absolute atomic E-state index is 0.0579. The van der Waals surface area contributed by atoms with E-state index in [-0.39, 0.29) is 6.04 Å². The molecular formula is C30H34BrNO3. The van der Waals surface area contributed by atoms with Gasteiger partial charge in [0.05, 0.1) is 27.4 Å². The van der Waals surface area contributed by atoms with Crippen molar-refractivity contribution in [3.05, 3.63) is 82.3 Å². The maximum atomic E-state index is 5.54. The Balaban J connectivity index is 1.96. The van der Waals surface area contributed by atoms with Crippen LogP contribution in [-0.2, 0) is 6.42 Å². The first-order chi connectivity index (χ1) is 16.9. The van der Waals surface area contributed by atoms with Crippen LogP contribution in [0.1, 0.15) is 31.4 Å². The van der Waals surface area contributed by atoms with Crippen molar-refractivity contribution in [3.63, 3.8) is 0 Å². The molecule has 0 radical (unpaired) electrons. The van der Waals surface area contributed by atoms with Crippen molar-refractivity contribution in [1.29, 1.82) is 0 Å². The van der Waals surface area contributed by atoms with Gasteiger partial charge in [0.25, 0.3) is 0 Å². The molecule has 0 saturated carbocycles. The van der Waals surface area contributed by atoms with Gasteiger partial charge in [-0.05, 0) is 72.9 Å². The van der Waals surface area contributed by atoms with Crippen molar-refractivity contribution in [2.45, 2.75) is 32.7 Å². The quantitative estimate of drug-likeness (QED) is 0.262. The number of methoxy groups -OCH3 is 3. The summed E-state index contributed by atoms with van der Waals surface area (Å²) < 4.78 is 17.4. The Bertz CT molecular complexity index is 1130. The summed E-state index contributed by atoms with van der Waals surface area (Å²) in [5, 5.41) is 0. The van der Waals surface area contributed by atoms with E-state index in [9.17, 15) is 0 Å². The highest BCUT2D eigenvalue weighted by molar-refractivity contribution is 9.10. The van der Waals surface area contributed by atoms with Crippen LogP contribution in [0.4, 0.5) is 5.69 Å². The summed E-state index contributed by atoms with van der Waals surface area (Å²) in [6.45, 7) is 5.28. The molecule has 0 spiro atoms.